The number of para-hydroxylation sites is 1. The third kappa shape index (κ3) is 6.46. The van der Waals surface area contributed by atoms with Crippen molar-refractivity contribution >= 4 is 37.0 Å². The molecule has 0 radical (unpaired) electrons. The molecule has 0 amide bonds. The minimum absolute atomic E-state index is 0.163. The fraction of sp³-hybridized carbons (Fsp3) is 0.545. The summed E-state index contributed by atoms with van der Waals surface area (Å²) in [5.74, 6) is -2.78. The van der Waals surface area contributed by atoms with Gasteiger partial charge in [-0.15, -0.1) is 0 Å². The highest BCUT2D eigenvalue weighted by Gasteiger charge is 2.91. The molecule has 1 unspecified atom stereocenters. The van der Waals surface area contributed by atoms with Crippen molar-refractivity contribution in [3.8, 4) is 5.75 Å². The van der Waals surface area contributed by atoms with E-state index in [9.17, 15) is 18.9 Å². The number of nitrogens with one attached hydrogen (secondary N) is 1. The zero-order valence-electron chi connectivity index (χ0n) is 28.6. The van der Waals surface area contributed by atoms with Crippen LogP contribution in [0.5, 0.6) is 5.75 Å². The van der Waals surface area contributed by atoms with E-state index in [0.717, 1.165) is 0 Å². The van der Waals surface area contributed by atoms with E-state index >= 15 is 0 Å². The molecule has 3 fully saturated rings. The second kappa shape index (κ2) is 13.6. The van der Waals surface area contributed by atoms with Crippen molar-refractivity contribution in [2.45, 2.75) is 89.6 Å². The molecular weight excluding hydrogens is 673 g/mol. The predicted octanol–water partition coefficient (Wildman–Crippen LogP) is 3.54. The van der Waals surface area contributed by atoms with Gasteiger partial charge in [0.05, 0.1) is 30.7 Å². The van der Waals surface area contributed by atoms with Crippen molar-refractivity contribution in [1.82, 2.24) is 19.7 Å². The number of benzene rings is 1. The summed E-state index contributed by atoms with van der Waals surface area (Å²) < 4.78 is 58.2. The van der Waals surface area contributed by atoms with Crippen molar-refractivity contribution in [2.75, 3.05) is 18.9 Å². The van der Waals surface area contributed by atoms with Crippen LogP contribution in [-0.2, 0) is 47.2 Å². The summed E-state index contributed by atoms with van der Waals surface area (Å²) in [4.78, 5) is 43.8. The van der Waals surface area contributed by atoms with E-state index in [1.54, 1.807) is 77.1 Å². The predicted molar refractivity (Wildman–Crippen MR) is 175 cm³/mol. The zero-order chi connectivity index (χ0) is 36.0. The zero-order valence-corrected chi connectivity index (χ0v) is 29.5. The first kappa shape index (κ1) is 35.7. The lowest BCUT2D eigenvalue weighted by Crippen LogP contribution is -2.45. The maximum atomic E-state index is 14.8. The Morgan fingerprint density at radius 1 is 1.02 bits per heavy atom. The molecule has 1 saturated carbocycles. The van der Waals surface area contributed by atoms with Crippen LogP contribution in [-0.4, -0.2) is 81.3 Å². The number of hydrogen-bond acceptors (Lipinski definition) is 14. The Bertz CT molecular complexity index is 1800. The van der Waals surface area contributed by atoms with Gasteiger partial charge >= 0.3 is 25.7 Å². The molecule has 2 aromatic heterocycles. The van der Waals surface area contributed by atoms with E-state index in [1.807, 2.05) is 0 Å². The molecule has 8 atom stereocenters. The largest absolute Gasteiger partial charge is 0.459 e. The SMILES string of the molecule is CC(C)C(=O)O[C@H]1[C@H](c2ccc3c(N)ncnn23)O[C@]2(C)C(O[P@](=O)(N[C@@H](C)C(=O)O[C@H]3CCOC3)Oc3ccccc3)[C@]12OC(=O)C(C)C. The van der Waals surface area contributed by atoms with Gasteiger partial charge in [0.2, 0.25) is 5.60 Å². The number of nitrogens with zero attached hydrogens (tertiary/aromatic N) is 3. The van der Waals surface area contributed by atoms with Gasteiger partial charge < -0.3 is 33.9 Å². The molecule has 3 N–H and O–H groups in total. The highest BCUT2D eigenvalue weighted by atomic mass is 31.2. The number of nitrogen functional groups attached to an aromatic ring is 1. The second-order valence-electron chi connectivity index (χ2n) is 13.4. The normalized spacial score (nSPS) is 29.0. The first-order valence-corrected chi connectivity index (χ1v) is 18.0. The number of esters is 3. The van der Waals surface area contributed by atoms with E-state index in [1.165, 1.54) is 17.8 Å². The van der Waals surface area contributed by atoms with Crippen LogP contribution in [0.25, 0.3) is 5.52 Å². The van der Waals surface area contributed by atoms with E-state index in [-0.39, 0.29) is 18.2 Å². The average Bonchev–Trinajstić information content (AvgIpc) is 3.60. The molecule has 17 heteroatoms. The number of nitrogens with two attached hydrogens (primary N) is 1. The number of ether oxygens (including phenoxy) is 5. The van der Waals surface area contributed by atoms with Crippen LogP contribution in [0.15, 0.2) is 48.8 Å². The second-order valence-corrected chi connectivity index (χ2v) is 15.0. The maximum absolute atomic E-state index is 14.8. The van der Waals surface area contributed by atoms with Crippen LogP contribution >= 0.6 is 7.75 Å². The lowest BCUT2D eigenvalue weighted by atomic mass is 10.0. The first-order valence-electron chi connectivity index (χ1n) is 16.5. The smallest absolute Gasteiger partial charge is 0.459 e. The standard InChI is InChI=1S/C33H42N5O11P/c1-18(2)28(39)45-26-25(23-12-13-24-27(34)35-17-36-38(23)24)46-32(6)31(33(26,32)47-29(40)19(3)4)49-50(42,48-21-10-8-7-9-11-21)37-20(5)30(41)44-22-14-15-43-16-22/h7-13,17-20,22,25-26,31H,14-16H2,1-6H3,(H,37,42)(H2,34,35,36)/t20-,22-,25-,26-,31?,32+,33+,50-/m0/s1. The number of rotatable bonds is 13. The van der Waals surface area contributed by atoms with E-state index in [4.69, 9.17) is 38.5 Å². The van der Waals surface area contributed by atoms with Crippen LogP contribution in [0, 0.1) is 11.8 Å². The summed E-state index contributed by atoms with van der Waals surface area (Å²) >= 11 is 0. The Kier molecular flexibility index (Phi) is 9.70. The topological polar surface area (TPSA) is 201 Å². The minimum Gasteiger partial charge on any atom is -0.459 e. The number of carbonyl (C=O) groups is 3. The number of hydrogen-bond donors (Lipinski definition) is 2. The molecule has 50 heavy (non-hydrogen) atoms. The van der Waals surface area contributed by atoms with E-state index in [0.29, 0.717) is 24.2 Å². The fourth-order valence-electron chi connectivity index (χ4n) is 6.17. The molecule has 1 aromatic carbocycles. The van der Waals surface area contributed by atoms with E-state index in [2.05, 4.69) is 15.2 Å². The van der Waals surface area contributed by atoms with Crippen LogP contribution in [0.1, 0.15) is 59.8 Å². The Labute approximate surface area is 288 Å². The minimum atomic E-state index is -4.54. The number of fused-ring (bicyclic) bond motifs is 2. The number of carbonyl (C=O) groups excluding carboxylic acids is 3. The van der Waals surface area contributed by atoms with E-state index < -0.39 is 79.2 Å². The molecule has 16 nitrogen and oxygen atoms in total. The van der Waals surface area contributed by atoms with Gasteiger partial charge in [-0.2, -0.15) is 10.2 Å². The molecule has 3 aliphatic rings. The fourth-order valence-corrected chi connectivity index (χ4v) is 7.94. The van der Waals surface area contributed by atoms with Gasteiger partial charge in [0, 0.05) is 6.42 Å². The summed E-state index contributed by atoms with van der Waals surface area (Å²) in [6, 6.07) is 10.4. The van der Waals surface area contributed by atoms with Crippen LogP contribution in [0.2, 0.25) is 0 Å². The molecule has 0 bridgehead atoms. The molecular formula is C33H42N5O11P. The van der Waals surface area contributed by atoms with Gasteiger partial charge in [-0.25, -0.2) is 14.1 Å². The number of anilines is 1. The maximum Gasteiger partial charge on any atom is 0.459 e. The Balaban J connectivity index is 1.39. The van der Waals surface area contributed by atoms with Crippen LogP contribution in [0.3, 0.4) is 0 Å². The molecule has 270 valence electrons. The Morgan fingerprint density at radius 3 is 2.40 bits per heavy atom. The van der Waals surface area contributed by atoms with Gasteiger partial charge in [0.15, 0.2) is 11.9 Å². The Morgan fingerprint density at radius 2 is 1.74 bits per heavy atom. The number of aromatic nitrogens is 3. The molecule has 3 aromatic rings. The highest BCUT2D eigenvalue weighted by Crippen LogP contribution is 2.71. The summed E-state index contributed by atoms with van der Waals surface area (Å²) in [6.45, 7) is 10.4. The lowest BCUT2D eigenvalue weighted by molar-refractivity contribution is -0.181. The highest BCUT2D eigenvalue weighted by molar-refractivity contribution is 7.52. The van der Waals surface area contributed by atoms with Gasteiger partial charge in [-0.1, -0.05) is 45.9 Å². The lowest BCUT2D eigenvalue weighted by Gasteiger charge is -2.31. The van der Waals surface area contributed by atoms with Gasteiger partial charge in [-0.05, 0) is 38.1 Å². The monoisotopic (exact) mass is 715 g/mol. The molecule has 4 heterocycles. The summed E-state index contributed by atoms with van der Waals surface area (Å²) in [5.41, 5.74) is 3.62. The first-order chi connectivity index (χ1) is 23.7. The van der Waals surface area contributed by atoms with Gasteiger partial charge in [0.25, 0.3) is 0 Å². The molecule has 0 spiro atoms. The third-order valence-electron chi connectivity index (χ3n) is 9.00. The third-order valence-corrected chi connectivity index (χ3v) is 10.6. The van der Waals surface area contributed by atoms with Crippen molar-refractivity contribution < 1.29 is 51.7 Å². The van der Waals surface area contributed by atoms with Crippen molar-refractivity contribution in [3.63, 3.8) is 0 Å². The van der Waals surface area contributed by atoms with Crippen LogP contribution in [0.4, 0.5) is 5.82 Å². The Hall–Kier alpha value is -4.08. The molecule has 1 aliphatic carbocycles. The van der Waals surface area contributed by atoms with Gasteiger partial charge in [0.1, 0.15) is 47.5 Å². The van der Waals surface area contributed by atoms with Crippen LogP contribution < -0.4 is 15.3 Å². The van der Waals surface area contributed by atoms with Crippen molar-refractivity contribution in [1.29, 1.82) is 0 Å². The quantitative estimate of drug-likeness (QED) is 0.148. The molecule has 2 aliphatic heterocycles. The van der Waals surface area contributed by atoms with Crippen molar-refractivity contribution in [3.05, 3.63) is 54.5 Å². The molecule has 6 rings (SSSR count). The summed E-state index contributed by atoms with van der Waals surface area (Å²) in [7, 11) is -4.54. The van der Waals surface area contributed by atoms with Gasteiger partial charge in [-0.3, -0.25) is 18.9 Å². The average molecular weight is 716 g/mol. The molecule has 2 saturated heterocycles. The summed E-state index contributed by atoms with van der Waals surface area (Å²) in [6.07, 6.45) is -2.34. The summed E-state index contributed by atoms with van der Waals surface area (Å²) in [5, 5.41) is 7.01. The van der Waals surface area contributed by atoms with Crippen molar-refractivity contribution in [2.24, 2.45) is 11.8 Å².